The van der Waals surface area contributed by atoms with E-state index in [1.807, 2.05) is 37.3 Å². The SMILES string of the molecule is CC(CO)(CN=C1NS(=O)(=O)c2ccccc21)Cc1ccccc1. The number of nitrogens with one attached hydrogen (secondary N) is 1. The number of aliphatic hydroxyl groups excluding tert-OH is 1. The maximum absolute atomic E-state index is 12.1. The Balaban J connectivity index is 1.84. The van der Waals surface area contributed by atoms with Crippen LogP contribution in [0.2, 0.25) is 0 Å². The molecule has 0 radical (unpaired) electrons. The fraction of sp³-hybridized carbons (Fsp3) is 0.278. The van der Waals surface area contributed by atoms with Crippen molar-refractivity contribution in [1.82, 2.24) is 4.72 Å². The highest BCUT2D eigenvalue weighted by Gasteiger charge is 2.31. The Kier molecular flexibility index (Phi) is 4.43. The molecular formula is C18H20N2O3S. The van der Waals surface area contributed by atoms with E-state index in [9.17, 15) is 13.5 Å². The molecule has 1 aliphatic heterocycles. The Morgan fingerprint density at radius 3 is 2.46 bits per heavy atom. The molecule has 1 atom stereocenters. The van der Waals surface area contributed by atoms with Gasteiger partial charge in [0.2, 0.25) is 0 Å². The highest BCUT2D eigenvalue weighted by atomic mass is 32.2. The van der Waals surface area contributed by atoms with Crippen molar-refractivity contribution in [3.05, 3.63) is 65.7 Å². The molecule has 5 nitrogen and oxygen atoms in total. The van der Waals surface area contributed by atoms with E-state index in [2.05, 4.69) is 9.71 Å². The summed E-state index contributed by atoms with van der Waals surface area (Å²) in [6.07, 6.45) is 0.662. The lowest BCUT2D eigenvalue weighted by atomic mass is 9.84. The number of amidine groups is 1. The first-order valence-electron chi connectivity index (χ1n) is 7.75. The van der Waals surface area contributed by atoms with Gasteiger partial charge in [-0.1, -0.05) is 49.4 Å². The zero-order valence-electron chi connectivity index (χ0n) is 13.4. The minimum absolute atomic E-state index is 0.0347. The molecule has 2 aromatic carbocycles. The second kappa shape index (κ2) is 6.37. The maximum atomic E-state index is 12.1. The predicted octanol–water partition coefficient (Wildman–Crippen LogP) is 1.97. The molecule has 24 heavy (non-hydrogen) atoms. The van der Waals surface area contributed by atoms with Crippen molar-refractivity contribution in [3.63, 3.8) is 0 Å². The standard InChI is InChI=1S/C18H20N2O3S/c1-18(13-21,11-14-7-3-2-4-8-14)12-19-17-15-9-5-6-10-16(15)24(22,23)20-17/h2-10,21H,11-13H2,1H3,(H,19,20). The fourth-order valence-corrected chi connectivity index (χ4v) is 4.02. The third kappa shape index (κ3) is 3.34. The molecule has 0 spiro atoms. The number of benzene rings is 2. The van der Waals surface area contributed by atoms with E-state index in [1.165, 1.54) is 0 Å². The monoisotopic (exact) mass is 344 g/mol. The van der Waals surface area contributed by atoms with Crippen molar-refractivity contribution < 1.29 is 13.5 Å². The smallest absolute Gasteiger partial charge is 0.263 e. The van der Waals surface area contributed by atoms with Crippen LogP contribution in [0.4, 0.5) is 0 Å². The second-order valence-corrected chi connectivity index (χ2v) is 8.05. The molecule has 0 aromatic heterocycles. The van der Waals surface area contributed by atoms with Crippen LogP contribution in [0, 0.1) is 5.41 Å². The van der Waals surface area contributed by atoms with Gasteiger partial charge in [-0.2, -0.15) is 0 Å². The van der Waals surface area contributed by atoms with Crippen molar-refractivity contribution in [2.24, 2.45) is 10.4 Å². The maximum Gasteiger partial charge on any atom is 0.263 e. The lowest BCUT2D eigenvalue weighted by Gasteiger charge is -2.25. The number of rotatable bonds is 5. The molecule has 0 aliphatic carbocycles. The summed E-state index contributed by atoms with van der Waals surface area (Å²) in [5.74, 6) is 0.346. The van der Waals surface area contributed by atoms with Gasteiger partial charge in [-0.25, -0.2) is 8.42 Å². The van der Waals surface area contributed by atoms with E-state index in [0.717, 1.165) is 5.56 Å². The Hall–Kier alpha value is -2.18. The molecule has 0 saturated heterocycles. The number of hydrogen-bond acceptors (Lipinski definition) is 4. The van der Waals surface area contributed by atoms with Crippen LogP contribution in [-0.2, 0) is 16.4 Å². The van der Waals surface area contributed by atoms with Gasteiger partial charge in [-0.15, -0.1) is 0 Å². The molecule has 1 unspecified atom stereocenters. The molecule has 6 heteroatoms. The Labute approximate surface area is 142 Å². The van der Waals surface area contributed by atoms with Gasteiger partial charge < -0.3 is 5.11 Å². The van der Waals surface area contributed by atoms with Gasteiger partial charge in [0.05, 0.1) is 11.5 Å². The van der Waals surface area contributed by atoms with Crippen molar-refractivity contribution in [2.75, 3.05) is 13.2 Å². The van der Waals surface area contributed by atoms with Crippen LogP contribution in [-0.4, -0.2) is 32.5 Å². The first-order chi connectivity index (χ1) is 11.4. The molecule has 0 fully saturated rings. The first-order valence-corrected chi connectivity index (χ1v) is 9.23. The highest BCUT2D eigenvalue weighted by molar-refractivity contribution is 7.90. The summed E-state index contributed by atoms with van der Waals surface area (Å²) >= 11 is 0. The van der Waals surface area contributed by atoms with E-state index in [1.54, 1.807) is 24.3 Å². The average Bonchev–Trinajstić information content (AvgIpc) is 2.85. The van der Waals surface area contributed by atoms with Crippen LogP contribution >= 0.6 is 0 Å². The average molecular weight is 344 g/mol. The Morgan fingerprint density at radius 1 is 1.08 bits per heavy atom. The molecule has 0 bridgehead atoms. The molecule has 126 valence electrons. The predicted molar refractivity (Wildman–Crippen MR) is 93.5 cm³/mol. The van der Waals surface area contributed by atoms with Crippen molar-refractivity contribution >= 4 is 15.9 Å². The van der Waals surface area contributed by atoms with Gasteiger partial charge in [0.25, 0.3) is 10.0 Å². The van der Waals surface area contributed by atoms with E-state index in [-0.39, 0.29) is 11.5 Å². The molecule has 1 aliphatic rings. The normalized spacial score (nSPS) is 19.5. The fourth-order valence-electron chi connectivity index (χ4n) is 2.77. The third-order valence-corrected chi connectivity index (χ3v) is 5.53. The van der Waals surface area contributed by atoms with Crippen LogP contribution in [0.15, 0.2) is 64.5 Å². The molecular weight excluding hydrogens is 324 g/mol. The lowest BCUT2D eigenvalue weighted by molar-refractivity contribution is 0.150. The minimum atomic E-state index is -3.53. The summed E-state index contributed by atoms with van der Waals surface area (Å²) in [5, 5.41) is 9.81. The van der Waals surface area contributed by atoms with Crippen LogP contribution < -0.4 is 4.72 Å². The number of aliphatic imine (C=N–C) groups is 1. The first kappa shape index (κ1) is 16.7. The summed E-state index contributed by atoms with van der Waals surface area (Å²) in [6, 6.07) is 16.7. The summed E-state index contributed by atoms with van der Waals surface area (Å²) in [5.41, 5.74) is 1.23. The van der Waals surface area contributed by atoms with Crippen molar-refractivity contribution in [1.29, 1.82) is 0 Å². The quantitative estimate of drug-likeness (QED) is 0.870. The Morgan fingerprint density at radius 2 is 1.75 bits per heavy atom. The molecule has 0 amide bonds. The number of hydrogen-bond donors (Lipinski definition) is 2. The van der Waals surface area contributed by atoms with Gasteiger partial charge in [-0.3, -0.25) is 9.71 Å². The zero-order chi connectivity index (χ0) is 17.2. The van der Waals surface area contributed by atoms with Gasteiger partial charge >= 0.3 is 0 Å². The van der Waals surface area contributed by atoms with Gasteiger partial charge in [-0.05, 0) is 24.1 Å². The van der Waals surface area contributed by atoms with Gasteiger partial charge in [0.1, 0.15) is 5.84 Å². The summed E-state index contributed by atoms with van der Waals surface area (Å²) in [4.78, 5) is 4.71. The molecule has 3 rings (SSSR count). The molecule has 2 N–H and O–H groups in total. The van der Waals surface area contributed by atoms with E-state index < -0.39 is 15.4 Å². The van der Waals surface area contributed by atoms with E-state index in [0.29, 0.717) is 24.4 Å². The summed E-state index contributed by atoms with van der Waals surface area (Å²) < 4.78 is 26.7. The lowest BCUT2D eigenvalue weighted by Crippen LogP contribution is -2.30. The van der Waals surface area contributed by atoms with Crippen LogP contribution in [0.25, 0.3) is 0 Å². The largest absolute Gasteiger partial charge is 0.396 e. The van der Waals surface area contributed by atoms with Gasteiger partial charge in [0, 0.05) is 17.5 Å². The van der Waals surface area contributed by atoms with E-state index >= 15 is 0 Å². The topological polar surface area (TPSA) is 78.8 Å². The number of nitrogens with zero attached hydrogens (tertiary/aromatic N) is 1. The van der Waals surface area contributed by atoms with Crippen LogP contribution in [0.3, 0.4) is 0 Å². The minimum Gasteiger partial charge on any atom is -0.396 e. The third-order valence-electron chi connectivity index (χ3n) is 4.14. The van der Waals surface area contributed by atoms with Crippen LogP contribution in [0.1, 0.15) is 18.1 Å². The zero-order valence-corrected chi connectivity index (χ0v) is 14.3. The summed E-state index contributed by atoms with van der Waals surface area (Å²) in [6.45, 7) is 2.23. The highest BCUT2D eigenvalue weighted by Crippen LogP contribution is 2.26. The van der Waals surface area contributed by atoms with Crippen molar-refractivity contribution in [3.8, 4) is 0 Å². The molecule has 1 heterocycles. The van der Waals surface area contributed by atoms with E-state index in [4.69, 9.17) is 0 Å². The summed E-state index contributed by atoms with van der Waals surface area (Å²) in [7, 11) is -3.53. The van der Waals surface area contributed by atoms with Crippen molar-refractivity contribution in [2.45, 2.75) is 18.2 Å². The number of aliphatic hydroxyl groups is 1. The number of fused-ring (bicyclic) bond motifs is 1. The number of sulfonamides is 1. The molecule has 0 saturated carbocycles. The second-order valence-electron chi connectivity index (χ2n) is 6.40. The molecule has 2 aromatic rings. The van der Waals surface area contributed by atoms with Crippen LogP contribution in [0.5, 0.6) is 0 Å². The Bertz CT molecular complexity index is 863. The van der Waals surface area contributed by atoms with Gasteiger partial charge in [0.15, 0.2) is 0 Å².